The predicted molar refractivity (Wildman–Crippen MR) is 149 cm³/mol. The van der Waals surface area contributed by atoms with E-state index in [0.29, 0.717) is 43.3 Å². The Labute approximate surface area is 233 Å². The average Bonchev–Trinajstić information content (AvgIpc) is 3.61. The van der Waals surface area contributed by atoms with Crippen molar-refractivity contribution >= 4 is 75.0 Å². The number of piperazine rings is 1. The molecule has 1 unspecified atom stereocenters. The van der Waals surface area contributed by atoms with Gasteiger partial charge in [-0.3, -0.25) is 9.59 Å². The molecule has 2 amide bonds. The molecule has 3 aromatic rings. The summed E-state index contributed by atoms with van der Waals surface area (Å²) in [6.45, 7) is 2.62. The molecule has 0 spiro atoms. The number of hydrogen-bond donors (Lipinski definition) is 1. The van der Waals surface area contributed by atoms with Crippen LogP contribution in [0.3, 0.4) is 0 Å². The Balaban J connectivity index is 1.29. The Bertz CT molecular complexity index is 1320. The number of thiophene rings is 1. The van der Waals surface area contributed by atoms with Gasteiger partial charge in [-0.05, 0) is 41.3 Å². The second-order valence-corrected chi connectivity index (χ2v) is 11.1. The molecule has 1 saturated heterocycles. The Kier molecular flexibility index (Phi) is 7.90. The number of halogens is 3. The van der Waals surface area contributed by atoms with Crippen LogP contribution in [0.4, 0.5) is 11.4 Å². The van der Waals surface area contributed by atoms with Crippen molar-refractivity contribution in [3.8, 4) is 0 Å². The molecule has 1 atom stereocenters. The third kappa shape index (κ3) is 5.72. The van der Waals surface area contributed by atoms with Crippen molar-refractivity contribution in [2.24, 2.45) is 5.16 Å². The molecule has 2 aromatic carbocycles. The molecule has 192 valence electrons. The van der Waals surface area contributed by atoms with Crippen LogP contribution in [0.2, 0.25) is 5.02 Å². The van der Waals surface area contributed by atoms with Gasteiger partial charge in [-0.25, -0.2) is 0 Å². The van der Waals surface area contributed by atoms with E-state index in [4.69, 9.17) is 39.6 Å². The number of nitrogens with zero attached hydrogens (tertiary/aromatic N) is 3. The maximum absolute atomic E-state index is 12.7. The molecular weight excluding hydrogens is 555 g/mol. The number of alkyl halides is 2. The molecular formula is C26H23Cl3N4O3S. The molecule has 3 heterocycles. The number of benzene rings is 2. The normalized spacial score (nSPS) is 17.5. The molecule has 2 aliphatic heterocycles. The maximum Gasteiger partial charge on any atom is 0.264 e. The molecule has 0 bridgehead atoms. The van der Waals surface area contributed by atoms with Crippen LogP contribution in [0, 0.1) is 0 Å². The summed E-state index contributed by atoms with van der Waals surface area (Å²) in [4.78, 5) is 34.1. The lowest BCUT2D eigenvalue weighted by Crippen LogP contribution is -2.49. The van der Waals surface area contributed by atoms with Crippen LogP contribution in [-0.2, 0) is 9.63 Å². The zero-order valence-corrected chi connectivity index (χ0v) is 22.7. The first-order valence-electron chi connectivity index (χ1n) is 11.7. The molecule has 0 aliphatic carbocycles. The first kappa shape index (κ1) is 25.9. The van der Waals surface area contributed by atoms with Crippen LogP contribution in [-0.4, -0.2) is 53.4 Å². The summed E-state index contributed by atoms with van der Waals surface area (Å²) < 4.78 is 0. The number of rotatable bonds is 6. The van der Waals surface area contributed by atoms with Gasteiger partial charge in [0.1, 0.15) is 0 Å². The lowest BCUT2D eigenvalue weighted by molar-refractivity contribution is -0.114. The van der Waals surface area contributed by atoms with Crippen molar-refractivity contribution in [1.82, 2.24) is 4.90 Å². The predicted octanol–water partition coefficient (Wildman–Crippen LogP) is 5.97. The van der Waals surface area contributed by atoms with Gasteiger partial charge in [0.2, 0.25) is 0 Å². The Morgan fingerprint density at radius 1 is 1.05 bits per heavy atom. The summed E-state index contributed by atoms with van der Waals surface area (Å²) in [7, 11) is 0. The molecule has 0 saturated carbocycles. The van der Waals surface area contributed by atoms with E-state index in [1.807, 2.05) is 58.8 Å². The van der Waals surface area contributed by atoms with E-state index in [2.05, 4.69) is 15.4 Å². The number of nitrogens with one attached hydrogen (secondary N) is 1. The fourth-order valence-corrected chi connectivity index (χ4v) is 5.56. The van der Waals surface area contributed by atoms with Gasteiger partial charge in [-0.2, -0.15) is 0 Å². The standard InChI is InChI=1S/C26H23Cl3N4O3S/c27-18-6-2-7-20(32-9-11-33(12-10-32)26(35)22-8-3-13-37-22)23(18)19-15-21(36-31-19)16-4-1-5-17(14-16)30-25(34)24(28)29/h1-8,13-14,21,24H,9-12,15H2,(H,30,34). The number of carbonyl (C=O) groups is 2. The van der Waals surface area contributed by atoms with Crippen LogP contribution in [0.25, 0.3) is 0 Å². The molecule has 1 fully saturated rings. The third-order valence-electron chi connectivity index (χ3n) is 6.31. The minimum absolute atomic E-state index is 0.0726. The largest absolute Gasteiger partial charge is 0.387 e. The van der Waals surface area contributed by atoms with Gasteiger partial charge >= 0.3 is 0 Å². The van der Waals surface area contributed by atoms with Gasteiger partial charge in [0.25, 0.3) is 11.8 Å². The fourth-order valence-electron chi connectivity index (χ4n) is 4.49. The average molecular weight is 578 g/mol. The van der Waals surface area contributed by atoms with E-state index in [-0.39, 0.29) is 12.0 Å². The van der Waals surface area contributed by atoms with E-state index in [1.54, 1.807) is 6.07 Å². The minimum atomic E-state index is -1.16. The Hall–Kier alpha value is -2.78. The van der Waals surface area contributed by atoms with Crippen molar-refractivity contribution < 1.29 is 14.4 Å². The van der Waals surface area contributed by atoms with E-state index in [1.165, 1.54) is 11.3 Å². The van der Waals surface area contributed by atoms with Gasteiger partial charge < -0.3 is 20.0 Å². The fraction of sp³-hybridized carbons (Fsp3) is 0.269. The summed E-state index contributed by atoms with van der Waals surface area (Å²) in [5.74, 6) is -0.425. The number of oxime groups is 1. The third-order valence-corrected chi connectivity index (χ3v) is 7.88. The lowest BCUT2D eigenvalue weighted by atomic mass is 9.98. The monoisotopic (exact) mass is 576 g/mol. The molecule has 7 nitrogen and oxygen atoms in total. The Morgan fingerprint density at radius 3 is 2.57 bits per heavy atom. The summed E-state index contributed by atoms with van der Waals surface area (Å²) in [5.41, 5.74) is 3.97. The van der Waals surface area contributed by atoms with Crippen molar-refractivity contribution in [2.45, 2.75) is 17.4 Å². The van der Waals surface area contributed by atoms with E-state index in [9.17, 15) is 9.59 Å². The van der Waals surface area contributed by atoms with Gasteiger partial charge in [0.15, 0.2) is 10.9 Å². The van der Waals surface area contributed by atoms with Crippen LogP contribution in [0.5, 0.6) is 0 Å². The van der Waals surface area contributed by atoms with Crippen LogP contribution < -0.4 is 10.2 Å². The quantitative estimate of drug-likeness (QED) is 0.366. The zero-order chi connectivity index (χ0) is 25.9. The molecule has 5 rings (SSSR count). The van der Waals surface area contributed by atoms with Gasteiger partial charge in [-0.1, -0.05) is 64.2 Å². The lowest BCUT2D eigenvalue weighted by Gasteiger charge is -2.37. The molecule has 11 heteroatoms. The van der Waals surface area contributed by atoms with Gasteiger partial charge in [-0.15, -0.1) is 11.3 Å². The van der Waals surface area contributed by atoms with Gasteiger partial charge in [0.05, 0.1) is 15.6 Å². The topological polar surface area (TPSA) is 74.2 Å². The van der Waals surface area contributed by atoms with E-state index < -0.39 is 10.7 Å². The van der Waals surface area contributed by atoms with Crippen LogP contribution in [0.1, 0.15) is 33.3 Å². The highest BCUT2D eigenvalue weighted by Gasteiger charge is 2.30. The summed E-state index contributed by atoms with van der Waals surface area (Å²) in [6, 6.07) is 16.8. The first-order valence-corrected chi connectivity index (χ1v) is 13.8. The van der Waals surface area contributed by atoms with E-state index >= 15 is 0 Å². The second kappa shape index (κ2) is 11.3. The maximum atomic E-state index is 12.7. The van der Waals surface area contributed by atoms with Crippen LogP contribution in [0.15, 0.2) is 65.1 Å². The smallest absolute Gasteiger partial charge is 0.264 e. The number of anilines is 2. The number of hydrogen-bond acceptors (Lipinski definition) is 6. The molecule has 2 aliphatic rings. The highest BCUT2D eigenvalue weighted by atomic mass is 35.5. The van der Waals surface area contributed by atoms with Gasteiger partial charge in [0, 0.05) is 49.5 Å². The second-order valence-electron chi connectivity index (χ2n) is 8.64. The van der Waals surface area contributed by atoms with Crippen molar-refractivity contribution in [3.05, 3.63) is 81.0 Å². The van der Waals surface area contributed by atoms with E-state index in [0.717, 1.165) is 27.4 Å². The summed E-state index contributed by atoms with van der Waals surface area (Å²) in [5, 5.41) is 9.58. The molecule has 37 heavy (non-hydrogen) atoms. The highest BCUT2D eigenvalue weighted by molar-refractivity contribution is 7.12. The molecule has 1 aromatic heterocycles. The molecule has 0 radical (unpaired) electrons. The van der Waals surface area contributed by atoms with Crippen molar-refractivity contribution in [1.29, 1.82) is 0 Å². The molecule has 1 N–H and O–H groups in total. The van der Waals surface area contributed by atoms with Crippen LogP contribution >= 0.6 is 46.1 Å². The summed E-state index contributed by atoms with van der Waals surface area (Å²) >= 11 is 19.4. The SMILES string of the molecule is O=C(Nc1cccc(C2CC(c3c(Cl)cccc3N3CCN(C(=O)c4cccs4)CC3)=NO2)c1)C(Cl)Cl. The Morgan fingerprint density at radius 2 is 1.84 bits per heavy atom. The first-order chi connectivity index (χ1) is 17.9. The van der Waals surface area contributed by atoms with Crippen molar-refractivity contribution in [2.75, 3.05) is 36.4 Å². The van der Waals surface area contributed by atoms with Crippen molar-refractivity contribution in [3.63, 3.8) is 0 Å². The minimum Gasteiger partial charge on any atom is -0.387 e. The number of carbonyl (C=O) groups excluding carboxylic acids is 2. The summed E-state index contributed by atoms with van der Waals surface area (Å²) in [6.07, 6.45) is 0.178. The number of amides is 2. The zero-order valence-electron chi connectivity index (χ0n) is 19.6. The highest BCUT2D eigenvalue weighted by Crippen LogP contribution is 2.37.